The molecule has 0 spiro atoms. The summed E-state index contributed by atoms with van der Waals surface area (Å²) in [5, 5.41) is 0. The van der Waals surface area contributed by atoms with E-state index >= 15 is 0 Å². The first-order valence-corrected chi connectivity index (χ1v) is 15.4. The second kappa shape index (κ2) is 16.5. The van der Waals surface area contributed by atoms with Crippen molar-refractivity contribution in [3.05, 3.63) is 144 Å². The van der Waals surface area contributed by atoms with E-state index in [-0.39, 0.29) is 6.61 Å². The molecule has 0 N–H and O–H groups in total. The Morgan fingerprint density at radius 1 is 0.578 bits per heavy atom. The van der Waals surface area contributed by atoms with Crippen LogP contribution in [0.25, 0.3) is 0 Å². The third-order valence-electron chi connectivity index (χ3n) is 7.60. The third-order valence-corrected chi connectivity index (χ3v) is 7.60. The Morgan fingerprint density at radius 2 is 0.978 bits per heavy atom. The van der Waals surface area contributed by atoms with Gasteiger partial charge >= 0.3 is 0 Å². The molecule has 0 bridgehead atoms. The van der Waals surface area contributed by atoms with E-state index in [1.807, 2.05) is 135 Å². The van der Waals surface area contributed by atoms with Crippen LogP contribution < -0.4 is 0 Å². The van der Waals surface area contributed by atoms with Crippen molar-refractivity contribution in [3.63, 3.8) is 0 Å². The van der Waals surface area contributed by atoms with Crippen molar-refractivity contribution >= 4 is 0 Å². The number of hydrogen-bond acceptors (Lipinski definition) is 6. The summed E-state index contributed by atoms with van der Waals surface area (Å²) in [7, 11) is 0. The fraction of sp³-hybridized carbons (Fsp3) is 0.333. The lowest BCUT2D eigenvalue weighted by Gasteiger charge is -2.47. The maximum atomic E-state index is 6.73. The van der Waals surface area contributed by atoms with E-state index in [1.54, 1.807) is 0 Å². The molecule has 1 aliphatic rings. The van der Waals surface area contributed by atoms with Gasteiger partial charge in [-0.1, -0.05) is 127 Å². The molecule has 45 heavy (non-hydrogen) atoms. The number of terminal acetylenes is 1. The van der Waals surface area contributed by atoms with Crippen LogP contribution in [0, 0.1) is 12.3 Å². The van der Waals surface area contributed by atoms with Crippen LogP contribution in [-0.2, 0) is 54.8 Å². The number of ether oxygens (including phenoxy) is 6. The third kappa shape index (κ3) is 9.84. The van der Waals surface area contributed by atoms with Crippen LogP contribution in [0.2, 0.25) is 0 Å². The number of benzene rings is 4. The summed E-state index contributed by atoms with van der Waals surface area (Å²) in [6, 6.07) is 40.2. The molecule has 6 nitrogen and oxygen atoms in total. The van der Waals surface area contributed by atoms with Gasteiger partial charge in [-0.2, -0.15) is 0 Å². The van der Waals surface area contributed by atoms with Crippen LogP contribution >= 0.6 is 0 Å². The Labute approximate surface area is 267 Å². The van der Waals surface area contributed by atoms with Crippen molar-refractivity contribution in [2.75, 3.05) is 6.61 Å². The maximum Gasteiger partial charge on any atom is 0.188 e. The topological polar surface area (TPSA) is 55.4 Å². The van der Waals surface area contributed by atoms with Crippen LogP contribution in [0.4, 0.5) is 0 Å². The van der Waals surface area contributed by atoms with E-state index < -0.39 is 36.3 Å². The SMILES string of the molecule is C#CC(C)(C)O[C@H]1O[C@H](COCc2ccccc2)[C@@H](OCc2ccccc2)[C@H](OCc2ccccc2)[C@H]1OCc1ccccc1. The van der Waals surface area contributed by atoms with Gasteiger partial charge in [-0.3, -0.25) is 0 Å². The zero-order chi connectivity index (χ0) is 31.3. The Morgan fingerprint density at radius 3 is 1.42 bits per heavy atom. The zero-order valence-corrected chi connectivity index (χ0v) is 26.0. The Bertz CT molecular complexity index is 1440. The normalized spacial score (nSPS) is 21.7. The molecule has 0 aromatic heterocycles. The molecule has 0 radical (unpaired) electrons. The van der Waals surface area contributed by atoms with E-state index in [9.17, 15) is 0 Å². The molecular formula is C39H42O6. The molecule has 0 saturated carbocycles. The van der Waals surface area contributed by atoms with Gasteiger partial charge in [-0.25, -0.2) is 0 Å². The van der Waals surface area contributed by atoms with Gasteiger partial charge in [0.15, 0.2) is 6.29 Å². The molecular weight excluding hydrogens is 564 g/mol. The highest BCUT2D eigenvalue weighted by molar-refractivity contribution is 5.16. The molecule has 0 aliphatic carbocycles. The smallest absolute Gasteiger partial charge is 0.188 e. The molecule has 4 aromatic rings. The van der Waals surface area contributed by atoms with Crippen molar-refractivity contribution < 1.29 is 28.4 Å². The molecule has 1 saturated heterocycles. The van der Waals surface area contributed by atoms with Gasteiger partial charge in [0.2, 0.25) is 0 Å². The summed E-state index contributed by atoms with van der Waals surface area (Å²) >= 11 is 0. The predicted octanol–water partition coefficient (Wildman–Crippen LogP) is 7.11. The highest BCUT2D eigenvalue weighted by atomic mass is 16.7. The summed E-state index contributed by atoms with van der Waals surface area (Å²) in [4.78, 5) is 0. The number of rotatable bonds is 15. The largest absolute Gasteiger partial charge is 0.374 e. The Hall–Kier alpha value is -3.80. The van der Waals surface area contributed by atoms with E-state index in [4.69, 9.17) is 34.8 Å². The van der Waals surface area contributed by atoms with E-state index in [0.717, 1.165) is 22.3 Å². The molecule has 1 aliphatic heterocycles. The van der Waals surface area contributed by atoms with Crippen molar-refractivity contribution in [1.29, 1.82) is 0 Å². The summed E-state index contributed by atoms with van der Waals surface area (Å²) in [5.41, 5.74) is 3.24. The van der Waals surface area contributed by atoms with Gasteiger partial charge in [0.05, 0.1) is 33.0 Å². The monoisotopic (exact) mass is 606 g/mol. The molecule has 5 rings (SSSR count). The molecule has 1 heterocycles. The second-order valence-electron chi connectivity index (χ2n) is 11.6. The minimum atomic E-state index is -0.920. The van der Waals surface area contributed by atoms with Crippen molar-refractivity contribution in [1.82, 2.24) is 0 Å². The van der Waals surface area contributed by atoms with Crippen molar-refractivity contribution in [3.8, 4) is 12.3 Å². The van der Waals surface area contributed by atoms with Crippen LogP contribution in [0.1, 0.15) is 36.1 Å². The second-order valence-corrected chi connectivity index (χ2v) is 11.6. The minimum absolute atomic E-state index is 0.251. The van der Waals surface area contributed by atoms with Gasteiger partial charge < -0.3 is 28.4 Å². The number of hydrogen-bond donors (Lipinski definition) is 0. The van der Waals surface area contributed by atoms with Gasteiger partial charge in [0, 0.05) is 0 Å². The van der Waals surface area contributed by atoms with Crippen LogP contribution in [-0.4, -0.2) is 42.9 Å². The van der Waals surface area contributed by atoms with Crippen LogP contribution in [0.15, 0.2) is 121 Å². The predicted molar refractivity (Wildman–Crippen MR) is 174 cm³/mol. The molecule has 1 fully saturated rings. The van der Waals surface area contributed by atoms with Gasteiger partial charge in [-0.05, 0) is 36.1 Å². The first kappa shape index (κ1) is 32.6. The maximum absolute atomic E-state index is 6.73. The fourth-order valence-electron chi connectivity index (χ4n) is 5.17. The van der Waals surface area contributed by atoms with Gasteiger partial charge in [0.1, 0.15) is 30.0 Å². The Kier molecular flexibility index (Phi) is 11.9. The minimum Gasteiger partial charge on any atom is -0.374 e. The average molecular weight is 607 g/mol. The lowest BCUT2D eigenvalue weighted by Crippen LogP contribution is -2.62. The molecule has 0 unspecified atom stereocenters. The van der Waals surface area contributed by atoms with Crippen molar-refractivity contribution in [2.45, 2.75) is 76.6 Å². The highest BCUT2D eigenvalue weighted by Gasteiger charge is 2.50. The molecule has 6 heteroatoms. The van der Waals surface area contributed by atoms with E-state index in [2.05, 4.69) is 5.92 Å². The van der Waals surface area contributed by atoms with E-state index in [1.165, 1.54) is 0 Å². The first-order chi connectivity index (χ1) is 22.0. The van der Waals surface area contributed by atoms with Crippen LogP contribution in [0.5, 0.6) is 0 Å². The van der Waals surface area contributed by atoms with Gasteiger partial charge in [0.25, 0.3) is 0 Å². The van der Waals surface area contributed by atoms with Crippen molar-refractivity contribution in [2.24, 2.45) is 0 Å². The summed E-state index contributed by atoms with van der Waals surface area (Å²) in [5.74, 6) is 2.73. The lowest BCUT2D eigenvalue weighted by molar-refractivity contribution is -0.340. The first-order valence-electron chi connectivity index (χ1n) is 15.4. The standard InChI is InChI=1S/C39H42O6/c1-4-39(2,3)45-38-37(43-28-33-23-15-8-16-24-33)36(42-27-32-21-13-7-14-22-32)35(41-26-31-19-11-6-12-20-31)34(44-38)29-40-25-30-17-9-5-10-18-30/h1,5-24,34-38H,25-29H2,2-3H3/t34-,35-,36+,37-,38-/m1/s1. The summed E-state index contributed by atoms with van der Waals surface area (Å²) in [6.07, 6.45) is 2.72. The molecule has 5 atom stereocenters. The Balaban J connectivity index is 1.46. The van der Waals surface area contributed by atoms with Crippen LogP contribution in [0.3, 0.4) is 0 Å². The van der Waals surface area contributed by atoms with Gasteiger partial charge in [-0.15, -0.1) is 6.42 Å². The average Bonchev–Trinajstić information content (AvgIpc) is 3.08. The molecule has 234 valence electrons. The summed E-state index contributed by atoms with van der Waals surface area (Å²) in [6.45, 7) is 5.40. The highest BCUT2D eigenvalue weighted by Crippen LogP contribution is 2.33. The lowest BCUT2D eigenvalue weighted by atomic mass is 9.97. The molecule has 0 amide bonds. The molecule has 4 aromatic carbocycles. The quantitative estimate of drug-likeness (QED) is 0.135. The fourth-order valence-corrected chi connectivity index (χ4v) is 5.17. The zero-order valence-electron chi connectivity index (χ0n) is 26.0. The summed E-state index contributed by atoms with van der Waals surface area (Å²) < 4.78 is 39.3. The van der Waals surface area contributed by atoms with E-state index in [0.29, 0.717) is 26.4 Å².